The van der Waals surface area contributed by atoms with Gasteiger partial charge in [-0.1, -0.05) is 19.1 Å². The average molecular weight is 259 g/mol. The minimum Gasteiger partial charge on any atom is -0.497 e. The van der Waals surface area contributed by atoms with Crippen LogP contribution in [-0.4, -0.2) is 19.7 Å². The van der Waals surface area contributed by atoms with E-state index in [1.165, 1.54) is 5.56 Å². The SMILES string of the molecule is CC#CCCC(CCc1ccc(OC)cc1)NCC. The van der Waals surface area contributed by atoms with Gasteiger partial charge in [0.25, 0.3) is 0 Å². The van der Waals surface area contributed by atoms with Gasteiger partial charge in [0.15, 0.2) is 0 Å². The zero-order valence-electron chi connectivity index (χ0n) is 12.3. The van der Waals surface area contributed by atoms with E-state index in [1.54, 1.807) is 7.11 Å². The zero-order valence-corrected chi connectivity index (χ0v) is 12.3. The molecule has 0 aromatic heterocycles. The van der Waals surface area contributed by atoms with E-state index in [0.717, 1.165) is 38.0 Å². The van der Waals surface area contributed by atoms with Crippen LogP contribution in [0.15, 0.2) is 24.3 Å². The van der Waals surface area contributed by atoms with Crippen molar-refractivity contribution in [3.8, 4) is 17.6 Å². The maximum absolute atomic E-state index is 5.17. The van der Waals surface area contributed by atoms with Crippen molar-refractivity contribution in [1.82, 2.24) is 5.32 Å². The minimum absolute atomic E-state index is 0.563. The van der Waals surface area contributed by atoms with Gasteiger partial charge in [-0.15, -0.1) is 11.8 Å². The molecule has 1 aromatic rings. The second-order valence-corrected chi connectivity index (χ2v) is 4.61. The van der Waals surface area contributed by atoms with E-state index >= 15 is 0 Å². The van der Waals surface area contributed by atoms with E-state index in [0.29, 0.717) is 6.04 Å². The molecule has 0 saturated carbocycles. The molecule has 0 aliphatic rings. The van der Waals surface area contributed by atoms with Gasteiger partial charge in [-0.2, -0.15) is 0 Å². The minimum atomic E-state index is 0.563. The molecule has 1 unspecified atom stereocenters. The molecule has 1 rings (SSSR count). The quantitative estimate of drug-likeness (QED) is 0.722. The Morgan fingerprint density at radius 2 is 1.95 bits per heavy atom. The topological polar surface area (TPSA) is 21.3 Å². The Kier molecular flexibility index (Phi) is 7.77. The summed E-state index contributed by atoms with van der Waals surface area (Å²) in [5.74, 6) is 7.03. The maximum Gasteiger partial charge on any atom is 0.118 e. The zero-order chi connectivity index (χ0) is 13.9. The van der Waals surface area contributed by atoms with Gasteiger partial charge in [-0.3, -0.25) is 0 Å². The molecule has 0 amide bonds. The summed E-state index contributed by atoms with van der Waals surface area (Å²) in [5, 5.41) is 3.54. The van der Waals surface area contributed by atoms with Crippen LogP contribution in [0.3, 0.4) is 0 Å². The van der Waals surface area contributed by atoms with Crippen LogP contribution in [0.1, 0.15) is 38.7 Å². The average Bonchev–Trinajstić information content (AvgIpc) is 2.45. The Morgan fingerprint density at radius 3 is 2.53 bits per heavy atom. The number of rotatable bonds is 8. The Morgan fingerprint density at radius 1 is 1.21 bits per heavy atom. The number of nitrogens with one attached hydrogen (secondary N) is 1. The van der Waals surface area contributed by atoms with Gasteiger partial charge in [-0.25, -0.2) is 0 Å². The lowest BCUT2D eigenvalue weighted by Gasteiger charge is -2.16. The summed E-state index contributed by atoms with van der Waals surface area (Å²) in [6, 6.07) is 8.91. The maximum atomic E-state index is 5.17. The predicted molar refractivity (Wildman–Crippen MR) is 81.5 cm³/mol. The Hall–Kier alpha value is -1.46. The van der Waals surface area contributed by atoms with Gasteiger partial charge >= 0.3 is 0 Å². The number of hydrogen-bond acceptors (Lipinski definition) is 2. The monoisotopic (exact) mass is 259 g/mol. The van der Waals surface area contributed by atoms with Crippen LogP contribution < -0.4 is 10.1 Å². The molecule has 0 bridgehead atoms. The molecule has 0 aliphatic carbocycles. The number of methoxy groups -OCH3 is 1. The fourth-order valence-electron chi connectivity index (χ4n) is 2.14. The number of hydrogen-bond donors (Lipinski definition) is 1. The van der Waals surface area contributed by atoms with Gasteiger partial charge in [0, 0.05) is 12.5 Å². The number of benzene rings is 1. The largest absolute Gasteiger partial charge is 0.497 e. The number of aryl methyl sites for hydroxylation is 1. The van der Waals surface area contributed by atoms with Crippen molar-refractivity contribution < 1.29 is 4.74 Å². The second-order valence-electron chi connectivity index (χ2n) is 4.61. The van der Waals surface area contributed by atoms with Crippen LogP contribution in [0.25, 0.3) is 0 Å². The summed E-state index contributed by atoms with van der Waals surface area (Å²) in [7, 11) is 1.70. The molecule has 0 heterocycles. The smallest absolute Gasteiger partial charge is 0.118 e. The van der Waals surface area contributed by atoms with Crippen LogP contribution in [0.2, 0.25) is 0 Å². The fraction of sp³-hybridized carbons (Fsp3) is 0.529. The second kappa shape index (κ2) is 9.47. The molecule has 1 aromatic carbocycles. The first kappa shape index (κ1) is 15.6. The predicted octanol–water partition coefficient (Wildman–Crippen LogP) is 3.41. The summed E-state index contributed by atoms with van der Waals surface area (Å²) < 4.78 is 5.17. The van der Waals surface area contributed by atoms with Crippen molar-refractivity contribution in [1.29, 1.82) is 0 Å². The summed E-state index contributed by atoms with van der Waals surface area (Å²) in [6.45, 7) is 5.08. The summed E-state index contributed by atoms with van der Waals surface area (Å²) in [6.07, 6.45) is 4.37. The van der Waals surface area contributed by atoms with Crippen molar-refractivity contribution in [2.75, 3.05) is 13.7 Å². The molecule has 104 valence electrons. The molecule has 1 atom stereocenters. The van der Waals surface area contributed by atoms with Gasteiger partial charge in [0.1, 0.15) is 5.75 Å². The molecule has 2 nitrogen and oxygen atoms in total. The van der Waals surface area contributed by atoms with E-state index < -0.39 is 0 Å². The van der Waals surface area contributed by atoms with E-state index in [1.807, 2.05) is 19.1 Å². The standard InChI is InChI=1S/C17H25NO/c1-4-6-7-8-16(18-5-2)12-9-15-10-13-17(19-3)14-11-15/h10-11,13-14,16,18H,5,7-9,12H2,1-3H3. The summed E-state index contributed by atoms with van der Waals surface area (Å²) in [5.41, 5.74) is 1.37. The van der Waals surface area contributed by atoms with Crippen molar-refractivity contribution in [3.63, 3.8) is 0 Å². The van der Waals surface area contributed by atoms with E-state index in [4.69, 9.17) is 4.74 Å². The first-order chi connectivity index (χ1) is 9.30. The highest BCUT2D eigenvalue weighted by Crippen LogP contribution is 2.14. The molecule has 0 fully saturated rings. The van der Waals surface area contributed by atoms with Crippen molar-refractivity contribution >= 4 is 0 Å². The molecule has 1 N–H and O–H groups in total. The Bertz CT molecular complexity index is 400. The van der Waals surface area contributed by atoms with Crippen LogP contribution in [0.5, 0.6) is 5.75 Å². The highest BCUT2D eigenvalue weighted by atomic mass is 16.5. The summed E-state index contributed by atoms with van der Waals surface area (Å²) >= 11 is 0. The first-order valence-corrected chi connectivity index (χ1v) is 7.06. The fourth-order valence-corrected chi connectivity index (χ4v) is 2.14. The molecular weight excluding hydrogens is 234 g/mol. The number of ether oxygens (including phenoxy) is 1. The molecule has 0 aliphatic heterocycles. The van der Waals surface area contributed by atoms with E-state index in [-0.39, 0.29) is 0 Å². The van der Waals surface area contributed by atoms with Crippen molar-refractivity contribution in [2.45, 2.75) is 45.6 Å². The van der Waals surface area contributed by atoms with Crippen molar-refractivity contribution in [2.24, 2.45) is 0 Å². The lowest BCUT2D eigenvalue weighted by atomic mass is 10.0. The molecule has 0 radical (unpaired) electrons. The van der Waals surface area contributed by atoms with Gasteiger partial charge in [-0.05, 0) is 50.4 Å². The highest BCUT2D eigenvalue weighted by Gasteiger charge is 2.06. The van der Waals surface area contributed by atoms with Crippen LogP contribution >= 0.6 is 0 Å². The van der Waals surface area contributed by atoms with Crippen LogP contribution in [0.4, 0.5) is 0 Å². The Labute approximate surface area is 117 Å². The molecule has 0 spiro atoms. The van der Waals surface area contributed by atoms with Gasteiger partial charge in [0.2, 0.25) is 0 Å². The van der Waals surface area contributed by atoms with Gasteiger partial charge < -0.3 is 10.1 Å². The van der Waals surface area contributed by atoms with E-state index in [9.17, 15) is 0 Å². The third-order valence-electron chi connectivity index (χ3n) is 3.23. The summed E-state index contributed by atoms with van der Waals surface area (Å²) in [4.78, 5) is 0. The Balaban J connectivity index is 2.42. The lowest BCUT2D eigenvalue weighted by molar-refractivity contribution is 0.414. The third kappa shape index (κ3) is 6.31. The van der Waals surface area contributed by atoms with Gasteiger partial charge in [0.05, 0.1) is 7.11 Å². The lowest BCUT2D eigenvalue weighted by Crippen LogP contribution is -2.29. The molecule has 19 heavy (non-hydrogen) atoms. The molecule has 0 saturated heterocycles. The first-order valence-electron chi connectivity index (χ1n) is 7.06. The van der Waals surface area contributed by atoms with E-state index in [2.05, 4.69) is 36.2 Å². The van der Waals surface area contributed by atoms with Crippen molar-refractivity contribution in [3.05, 3.63) is 29.8 Å². The normalized spacial score (nSPS) is 11.5. The third-order valence-corrected chi connectivity index (χ3v) is 3.23. The van der Waals surface area contributed by atoms with Crippen LogP contribution in [0, 0.1) is 11.8 Å². The molecule has 2 heteroatoms. The highest BCUT2D eigenvalue weighted by molar-refractivity contribution is 5.27. The molecular formula is C17H25NO. The van der Waals surface area contributed by atoms with Crippen LogP contribution in [-0.2, 0) is 6.42 Å².